The van der Waals surface area contributed by atoms with Gasteiger partial charge in [-0.3, -0.25) is 4.79 Å². The van der Waals surface area contributed by atoms with Gasteiger partial charge in [-0.2, -0.15) is 0 Å². The van der Waals surface area contributed by atoms with E-state index in [2.05, 4.69) is 72.4 Å². The quantitative estimate of drug-likeness (QED) is 0.340. The first kappa shape index (κ1) is 27.1. The third kappa shape index (κ3) is 32.1. The highest BCUT2D eigenvalue weighted by Gasteiger charge is 1.90. The highest BCUT2D eigenvalue weighted by Crippen LogP contribution is 1.97. The van der Waals surface area contributed by atoms with Crippen molar-refractivity contribution in [3.8, 4) is 0 Å². The molecular weight excluding hydrogens is 336 g/mol. The third-order valence-electron chi connectivity index (χ3n) is 3.12. The smallest absolute Gasteiger partial charge is 0.303 e. The van der Waals surface area contributed by atoms with Crippen LogP contribution in [0.25, 0.3) is 0 Å². The maximum absolute atomic E-state index is 10.3. The number of ether oxygens (including phenoxy) is 1. The predicted molar refractivity (Wildman–Crippen MR) is 118 cm³/mol. The summed E-state index contributed by atoms with van der Waals surface area (Å²) in [4.78, 5) is 10.3. The normalized spacial score (nSPS) is 12.3. The summed E-state index contributed by atoms with van der Waals surface area (Å²) < 4.78 is 4.25. The summed E-state index contributed by atoms with van der Waals surface area (Å²) in [5, 5.41) is 8.49. The molecule has 0 radical (unpaired) electrons. The lowest BCUT2D eigenvalue weighted by Gasteiger charge is -1.87. The average Bonchev–Trinajstić information content (AvgIpc) is 2.64. The van der Waals surface area contributed by atoms with Crippen molar-refractivity contribution < 1.29 is 14.6 Å². The molecule has 0 unspecified atom stereocenters. The second-order valence-electron chi connectivity index (χ2n) is 5.76. The molecule has 0 rings (SSSR count). The molecule has 0 aliphatic heterocycles. The number of allylic oxidation sites excluding steroid dienone is 12. The largest absolute Gasteiger partial charge is 0.481 e. The van der Waals surface area contributed by atoms with Crippen LogP contribution >= 0.6 is 0 Å². The average molecular weight is 375 g/mol. The van der Waals surface area contributed by atoms with Gasteiger partial charge >= 0.3 is 5.97 Å². The van der Waals surface area contributed by atoms with E-state index in [1.807, 2.05) is 12.2 Å². The van der Waals surface area contributed by atoms with E-state index < -0.39 is 5.97 Å². The van der Waals surface area contributed by atoms with Gasteiger partial charge in [-0.1, -0.05) is 79.8 Å². The Bertz CT molecular complexity index is 480. The van der Waals surface area contributed by atoms with Crippen molar-refractivity contribution in [2.24, 2.45) is 0 Å². The summed E-state index contributed by atoms with van der Waals surface area (Å²) >= 11 is 0. The van der Waals surface area contributed by atoms with Crippen LogP contribution in [0.2, 0.25) is 0 Å². The topological polar surface area (TPSA) is 46.5 Å². The summed E-state index contributed by atoms with van der Waals surface area (Å²) in [6, 6.07) is 0. The molecule has 0 saturated heterocycles. The number of carboxylic acid groups (broad SMARTS) is 1. The zero-order chi connectivity index (χ0) is 20.4. The fourth-order valence-electron chi connectivity index (χ4n) is 1.85. The van der Waals surface area contributed by atoms with Crippen molar-refractivity contribution in [2.75, 3.05) is 14.2 Å². The van der Waals surface area contributed by atoms with Crippen molar-refractivity contribution >= 4 is 5.97 Å². The van der Waals surface area contributed by atoms with E-state index in [4.69, 9.17) is 5.11 Å². The summed E-state index contributed by atoms with van der Waals surface area (Å²) in [6.45, 7) is 2.15. The number of hydrogen-bond donors (Lipinski definition) is 1. The second kappa shape index (κ2) is 26.1. The van der Waals surface area contributed by atoms with Crippen LogP contribution in [0.15, 0.2) is 72.9 Å². The summed E-state index contributed by atoms with van der Waals surface area (Å²) in [5.41, 5.74) is 0. The Morgan fingerprint density at radius 3 is 1.26 bits per heavy atom. The molecule has 152 valence electrons. The Morgan fingerprint density at radius 1 is 0.667 bits per heavy atom. The van der Waals surface area contributed by atoms with Crippen LogP contribution in [-0.2, 0) is 9.53 Å². The maximum Gasteiger partial charge on any atom is 0.303 e. The molecule has 0 aromatic carbocycles. The Balaban J connectivity index is 0. The van der Waals surface area contributed by atoms with Gasteiger partial charge in [0.05, 0.1) is 0 Å². The van der Waals surface area contributed by atoms with Gasteiger partial charge < -0.3 is 9.84 Å². The van der Waals surface area contributed by atoms with E-state index in [0.29, 0.717) is 6.42 Å². The van der Waals surface area contributed by atoms with Crippen LogP contribution in [0.5, 0.6) is 0 Å². The predicted octanol–water partition coefficient (Wildman–Crippen LogP) is 6.81. The van der Waals surface area contributed by atoms with Gasteiger partial charge in [0.1, 0.15) is 0 Å². The lowest BCUT2D eigenvalue weighted by molar-refractivity contribution is -0.136. The van der Waals surface area contributed by atoms with E-state index in [1.54, 1.807) is 14.2 Å². The highest BCUT2D eigenvalue weighted by atomic mass is 16.4. The van der Waals surface area contributed by atoms with Gasteiger partial charge in [-0.15, -0.1) is 0 Å². The SMILES string of the molecule is CC/C=C\C/C=C\C/C=C\C/C=C\C/C=C\C/C=C\CCC(=O)O.COC. The monoisotopic (exact) mass is 374 g/mol. The lowest BCUT2D eigenvalue weighted by atomic mass is 10.2. The molecule has 0 aliphatic rings. The minimum Gasteiger partial charge on any atom is -0.481 e. The second-order valence-corrected chi connectivity index (χ2v) is 5.76. The van der Waals surface area contributed by atoms with Gasteiger partial charge in [0.25, 0.3) is 0 Å². The number of rotatable bonds is 14. The van der Waals surface area contributed by atoms with Crippen LogP contribution in [0.3, 0.4) is 0 Å². The van der Waals surface area contributed by atoms with Crippen LogP contribution < -0.4 is 0 Å². The van der Waals surface area contributed by atoms with E-state index in [9.17, 15) is 4.79 Å². The van der Waals surface area contributed by atoms with Crippen molar-refractivity contribution in [3.05, 3.63) is 72.9 Å². The Morgan fingerprint density at radius 2 is 0.963 bits per heavy atom. The summed E-state index contributed by atoms with van der Waals surface area (Å²) in [6.07, 6.45) is 32.5. The number of hydrogen-bond acceptors (Lipinski definition) is 2. The minimum atomic E-state index is -0.741. The van der Waals surface area contributed by atoms with Crippen molar-refractivity contribution in [1.82, 2.24) is 0 Å². The molecule has 0 saturated carbocycles. The first-order chi connectivity index (χ1) is 13.2. The molecular formula is C24H38O3. The first-order valence-electron chi connectivity index (χ1n) is 9.70. The Hall–Kier alpha value is -2.13. The molecule has 0 heterocycles. The molecule has 0 aromatic rings. The van der Waals surface area contributed by atoms with Gasteiger partial charge in [0, 0.05) is 20.6 Å². The number of carbonyl (C=O) groups is 1. The summed E-state index contributed by atoms with van der Waals surface area (Å²) in [5.74, 6) is -0.741. The van der Waals surface area contributed by atoms with Gasteiger partial charge in [-0.05, 0) is 44.9 Å². The molecule has 27 heavy (non-hydrogen) atoms. The standard InChI is InChI=1S/C22H32O2.C2H6O/c1-2-3-4-5-6-7-8-9-10-11-12-13-14-15-16-17-18-19-20-21-22(23)24;1-3-2/h3-4,6-7,9-10,12-13,15-16,18-19H,2,5,8,11,14,17,20-21H2,1H3,(H,23,24);1-2H3/b4-3-,7-6-,10-9-,13-12-,16-15-,19-18-;. The molecule has 0 atom stereocenters. The molecule has 0 bridgehead atoms. The number of carboxylic acids is 1. The van der Waals surface area contributed by atoms with Crippen LogP contribution in [-0.4, -0.2) is 25.3 Å². The fourth-order valence-corrected chi connectivity index (χ4v) is 1.85. The first-order valence-corrected chi connectivity index (χ1v) is 9.70. The van der Waals surface area contributed by atoms with E-state index in [0.717, 1.165) is 38.5 Å². The molecule has 3 nitrogen and oxygen atoms in total. The fraction of sp³-hybridized carbons (Fsp3) is 0.458. The van der Waals surface area contributed by atoms with Gasteiger partial charge in [0.2, 0.25) is 0 Å². The van der Waals surface area contributed by atoms with Gasteiger partial charge in [-0.25, -0.2) is 0 Å². The van der Waals surface area contributed by atoms with Crippen molar-refractivity contribution in [1.29, 1.82) is 0 Å². The van der Waals surface area contributed by atoms with E-state index in [1.165, 1.54) is 0 Å². The molecule has 3 heteroatoms. The van der Waals surface area contributed by atoms with E-state index >= 15 is 0 Å². The number of methoxy groups -OCH3 is 1. The third-order valence-corrected chi connectivity index (χ3v) is 3.12. The molecule has 0 aliphatic carbocycles. The zero-order valence-corrected chi connectivity index (χ0v) is 17.3. The van der Waals surface area contributed by atoms with Crippen molar-refractivity contribution in [3.63, 3.8) is 0 Å². The molecule has 1 N–H and O–H groups in total. The molecule has 0 aromatic heterocycles. The van der Waals surface area contributed by atoms with Crippen LogP contribution in [0, 0.1) is 0 Å². The zero-order valence-electron chi connectivity index (χ0n) is 17.3. The molecule has 0 spiro atoms. The van der Waals surface area contributed by atoms with Crippen LogP contribution in [0.1, 0.15) is 58.3 Å². The number of aliphatic carboxylic acids is 1. The highest BCUT2D eigenvalue weighted by molar-refractivity contribution is 5.66. The van der Waals surface area contributed by atoms with E-state index in [-0.39, 0.29) is 6.42 Å². The van der Waals surface area contributed by atoms with Crippen molar-refractivity contribution in [2.45, 2.75) is 58.3 Å². The minimum absolute atomic E-state index is 0.210. The Labute approximate surface area is 166 Å². The molecule has 0 fully saturated rings. The maximum atomic E-state index is 10.3. The van der Waals surface area contributed by atoms with Gasteiger partial charge in [0.15, 0.2) is 0 Å². The van der Waals surface area contributed by atoms with Crippen LogP contribution in [0.4, 0.5) is 0 Å². The Kier molecular flexibility index (Phi) is 26.2. The molecule has 0 amide bonds. The lowest BCUT2D eigenvalue weighted by Crippen LogP contribution is -1.91. The summed E-state index contributed by atoms with van der Waals surface area (Å²) in [7, 11) is 3.25.